The van der Waals surface area contributed by atoms with Crippen LogP contribution in [0.4, 0.5) is 19.1 Å². The van der Waals surface area contributed by atoms with E-state index >= 15 is 0 Å². The summed E-state index contributed by atoms with van der Waals surface area (Å²) in [6.45, 7) is 3.83. The molecular weight excluding hydrogens is 508 g/mol. The second-order valence-corrected chi connectivity index (χ2v) is 5.87. The normalized spacial score (nSPS) is 11.5. The highest BCUT2D eigenvalue weighted by atomic mass is 127. The molecule has 0 bridgehead atoms. The van der Waals surface area contributed by atoms with Crippen molar-refractivity contribution in [2.75, 3.05) is 25.0 Å². The van der Waals surface area contributed by atoms with Gasteiger partial charge in [-0.25, -0.2) is 15.0 Å². The van der Waals surface area contributed by atoms with E-state index in [1.165, 1.54) is 0 Å². The molecule has 1 aromatic carbocycles. The Hall–Kier alpha value is -1.82. The van der Waals surface area contributed by atoms with E-state index in [2.05, 4.69) is 30.9 Å². The summed E-state index contributed by atoms with van der Waals surface area (Å²) in [7, 11) is 0. The molecule has 2 aromatic rings. The van der Waals surface area contributed by atoms with Crippen molar-refractivity contribution in [3.05, 3.63) is 52.8 Å². The average molecular weight is 529 g/mol. The molecule has 0 unspecified atom stereocenters. The first-order valence-electron chi connectivity index (χ1n) is 8.29. The third kappa shape index (κ3) is 8.46. The zero-order valence-electron chi connectivity index (χ0n) is 15.1. The third-order valence-corrected chi connectivity index (χ3v) is 3.58. The molecule has 0 saturated carbocycles. The van der Waals surface area contributed by atoms with Crippen LogP contribution in [0.25, 0.3) is 0 Å². The molecule has 6 nitrogen and oxygen atoms in total. The number of guanidine groups is 1. The molecule has 0 radical (unpaired) electrons. The van der Waals surface area contributed by atoms with Gasteiger partial charge in [0.1, 0.15) is 5.69 Å². The molecule has 0 aliphatic carbocycles. The number of aromatic nitrogens is 2. The van der Waals surface area contributed by atoms with Gasteiger partial charge in [0.05, 0.1) is 6.54 Å². The second kappa shape index (κ2) is 11.9. The number of anilines is 1. The van der Waals surface area contributed by atoms with Crippen LogP contribution >= 0.6 is 35.6 Å². The quantitative estimate of drug-likeness (QED) is 0.220. The monoisotopic (exact) mass is 528 g/mol. The Morgan fingerprint density at radius 1 is 1.11 bits per heavy atom. The molecule has 3 N–H and O–H groups in total. The fourth-order valence-electron chi connectivity index (χ4n) is 2.06. The standard InChI is InChI=1S/C17H20ClF3N6.HI/c1-2-22-15(26-11-12-3-5-13(18)6-4-12)24-9-10-25-16-23-8-7-14(27-16)17(19,20)21;/h3-8H,2,9-11H2,1H3,(H2,22,24,26)(H,23,25,27);1H. The molecule has 0 amide bonds. The molecule has 0 atom stereocenters. The zero-order valence-corrected chi connectivity index (χ0v) is 18.1. The Morgan fingerprint density at radius 3 is 2.46 bits per heavy atom. The summed E-state index contributed by atoms with van der Waals surface area (Å²) in [5.74, 6) is 0.522. The van der Waals surface area contributed by atoms with Gasteiger partial charge in [0.25, 0.3) is 0 Å². The van der Waals surface area contributed by atoms with Crippen LogP contribution in [0.5, 0.6) is 0 Å². The van der Waals surface area contributed by atoms with Crippen molar-refractivity contribution >= 4 is 47.5 Å². The van der Waals surface area contributed by atoms with Crippen LogP contribution in [0.3, 0.4) is 0 Å². The topological polar surface area (TPSA) is 74.2 Å². The van der Waals surface area contributed by atoms with Gasteiger partial charge in [-0.2, -0.15) is 13.2 Å². The minimum absolute atomic E-state index is 0. The maximum Gasteiger partial charge on any atom is 0.433 e. The van der Waals surface area contributed by atoms with Gasteiger partial charge >= 0.3 is 6.18 Å². The fraction of sp³-hybridized carbons (Fsp3) is 0.353. The summed E-state index contributed by atoms with van der Waals surface area (Å²) in [6, 6.07) is 8.21. The van der Waals surface area contributed by atoms with Gasteiger partial charge in [-0.3, -0.25) is 0 Å². The van der Waals surface area contributed by atoms with Crippen molar-refractivity contribution in [3.63, 3.8) is 0 Å². The molecular formula is C17H21ClF3IN6. The Balaban J connectivity index is 0.00000392. The number of nitrogens with zero attached hydrogens (tertiary/aromatic N) is 3. The molecule has 0 fully saturated rings. The molecule has 0 spiro atoms. The smallest absolute Gasteiger partial charge is 0.357 e. The zero-order chi connectivity index (χ0) is 19.7. The van der Waals surface area contributed by atoms with Crippen LogP contribution < -0.4 is 16.0 Å². The lowest BCUT2D eigenvalue weighted by Crippen LogP contribution is -2.39. The van der Waals surface area contributed by atoms with Crippen molar-refractivity contribution in [2.24, 2.45) is 4.99 Å². The van der Waals surface area contributed by atoms with Crippen LogP contribution in [0.1, 0.15) is 18.2 Å². The van der Waals surface area contributed by atoms with Crippen LogP contribution in [-0.4, -0.2) is 35.6 Å². The summed E-state index contributed by atoms with van der Waals surface area (Å²) in [5, 5.41) is 9.60. The van der Waals surface area contributed by atoms with Gasteiger partial charge < -0.3 is 16.0 Å². The summed E-state index contributed by atoms with van der Waals surface area (Å²) in [5.41, 5.74) is 0.0259. The number of hydrogen-bond donors (Lipinski definition) is 3. The number of halogens is 5. The van der Waals surface area contributed by atoms with E-state index in [4.69, 9.17) is 11.6 Å². The van der Waals surface area contributed by atoms with Crippen molar-refractivity contribution in [3.8, 4) is 0 Å². The van der Waals surface area contributed by atoms with Crippen LogP contribution in [-0.2, 0) is 12.7 Å². The van der Waals surface area contributed by atoms with Gasteiger partial charge in [0.2, 0.25) is 5.95 Å². The highest BCUT2D eigenvalue weighted by molar-refractivity contribution is 14.0. The number of hydrogen-bond acceptors (Lipinski definition) is 4. The van der Waals surface area contributed by atoms with E-state index in [0.29, 0.717) is 37.2 Å². The van der Waals surface area contributed by atoms with E-state index in [-0.39, 0.29) is 29.9 Å². The van der Waals surface area contributed by atoms with Crippen LogP contribution in [0.2, 0.25) is 5.02 Å². The molecule has 1 aromatic heterocycles. The Labute approximate surface area is 183 Å². The minimum atomic E-state index is -4.50. The Kier molecular flexibility index (Phi) is 10.3. The Morgan fingerprint density at radius 2 is 1.82 bits per heavy atom. The van der Waals surface area contributed by atoms with Crippen molar-refractivity contribution in [1.82, 2.24) is 20.6 Å². The maximum absolute atomic E-state index is 12.6. The summed E-state index contributed by atoms with van der Waals surface area (Å²) in [6.07, 6.45) is -3.42. The molecule has 154 valence electrons. The lowest BCUT2D eigenvalue weighted by molar-refractivity contribution is -0.141. The van der Waals surface area contributed by atoms with Crippen LogP contribution in [0, 0.1) is 0 Å². The highest BCUT2D eigenvalue weighted by Gasteiger charge is 2.32. The average Bonchev–Trinajstić information content (AvgIpc) is 2.64. The molecule has 28 heavy (non-hydrogen) atoms. The van der Waals surface area contributed by atoms with Gasteiger partial charge in [-0.1, -0.05) is 23.7 Å². The SMILES string of the molecule is CCNC(=NCc1ccc(Cl)cc1)NCCNc1nccc(C(F)(F)F)n1.I. The van der Waals surface area contributed by atoms with Gasteiger partial charge in [-0.15, -0.1) is 24.0 Å². The lowest BCUT2D eigenvalue weighted by Gasteiger charge is -2.12. The lowest BCUT2D eigenvalue weighted by atomic mass is 10.2. The van der Waals surface area contributed by atoms with Crippen molar-refractivity contribution < 1.29 is 13.2 Å². The van der Waals surface area contributed by atoms with Gasteiger partial charge in [-0.05, 0) is 30.7 Å². The number of benzene rings is 1. The number of aliphatic imine (C=N–C) groups is 1. The summed E-state index contributed by atoms with van der Waals surface area (Å²) in [4.78, 5) is 11.7. The van der Waals surface area contributed by atoms with E-state index in [1.807, 2.05) is 19.1 Å². The summed E-state index contributed by atoms with van der Waals surface area (Å²) < 4.78 is 37.9. The molecule has 0 aliphatic heterocycles. The Bertz CT molecular complexity index is 755. The minimum Gasteiger partial charge on any atom is -0.357 e. The molecule has 0 saturated heterocycles. The highest BCUT2D eigenvalue weighted by Crippen LogP contribution is 2.27. The first-order valence-corrected chi connectivity index (χ1v) is 8.67. The molecule has 1 heterocycles. The maximum atomic E-state index is 12.6. The van der Waals surface area contributed by atoms with E-state index < -0.39 is 11.9 Å². The largest absolute Gasteiger partial charge is 0.433 e. The third-order valence-electron chi connectivity index (χ3n) is 3.32. The summed E-state index contributed by atoms with van der Waals surface area (Å²) >= 11 is 5.85. The van der Waals surface area contributed by atoms with Crippen molar-refractivity contribution in [1.29, 1.82) is 0 Å². The van der Waals surface area contributed by atoms with E-state index in [9.17, 15) is 13.2 Å². The van der Waals surface area contributed by atoms with E-state index in [1.54, 1.807) is 12.1 Å². The van der Waals surface area contributed by atoms with E-state index in [0.717, 1.165) is 17.8 Å². The van der Waals surface area contributed by atoms with Crippen LogP contribution in [0.15, 0.2) is 41.5 Å². The molecule has 2 rings (SSSR count). The van der Waals surface area contributed by atoms with Crippen molar-refractivity contribution in [2.45, 2.75) is 19.6 Å². The fourth-order valence-corrected chi connectivity index (χ4v) is 2.18. The first kappa shape index (κ1) is 24.2. The second-order valence-electron chi connectivity index (χ2n) is 5.44. The molecule has 0 aliphatic rings. The predicted molar refractivity (Wildman–Crippen MR) is 115 cm³/mol. The van der Waals surface area contributed by atoms with Gasteiger partial charge in [0.15, 0.2) is 5.96 Å². The first-order chi connectivity index (χ1) is 12.9. The molecule has 11 heteroatoms. The van der Waals surface area contributed by atoms with Gasteiger partial charge in [0, 0.05) is 30.9 Å². The predicted octanol–water partition coefficient (Wildman–Crippen LogP) is 3.93. The number of nitrogens with one attached hydrogen (secondary N) is 3. The number of rotatable bonds is 7. The number of alkyl halides is 3.